The molecule has 5 nitrogen and oxygen atoms in total. The fourth-order valence-corrected chi connectivity index (χ4v) is 3.81. The Morgan fingerprint density at radius 2 is 1.86 bits per heavy atom. The zero-order valence-electron chi connectivity index (χ0n) is 17.1. The first-order valence-electron chi connectivity index (χ1n) is 10.1. The van der Waals surface area contributed by atoms with Crippen molar-refractivity contribution in [2.75, 3.05) is 33.4 Å². The van der Waals surface area contributed by atoms with E-state index in [1.54, 1.807) is 13.2 Å². The number of halogens is 1. The fourth-order valence-electron chi connectivity index (χ4n) is 3.64. The first-order valence-corrected chi connectivity index (χ1v) is 10.5. The molecule has 0 aliphatic carbocycles. The molecule has 2 aromatic rings. The molecule has 0 bridgehead atoms. The van der Waals surface area contributed by atoms with Gasteiger partial charge in [0.15, 0.2) is 6.61 Å². The zero-order valence-corrected chi connectivity index (χ0v) is 17.9. The smallest absolute Gasteiger partial charge is 0.258 e. The van der Waals surface area contributed by atoms with Crippen molar-refractivity contribution in [3.05, 3.63) is 58.6 Å². The number of hydrogen-bond acceptors (Lipinski definition) is 4. The Bertz CT molecular complexity index is 804. The van der Waals surface area contributed by atoms with Crippen LogP contribution in [-0.2, 0) is 4.79 Å². The predicted octanol–water partition coefficient (Wildman–Crippen LogP) is 4.38. The zero-order chi connectivity index (χ0) is 20.6. The van der Waals surface area contributed by atoms with E-state index in [4.69, 9.17) is 21.1 Å². The van der Waals surface area contributed by atoms with Crippen molar-refractivity contribution in [2.24, 2.45) is 0 Å². The van der Waals surface area contributed by atoms with Crippen LogP contribution in [0.25, 0.3) is 0 Å². The van der Waals surface area contributed by atoms with Crippen LogP contribution >= 0.6 is 11.6 Å². The largest absolute Gasteiger partial charge is 0.497 e. The number of nitrogens with zero attached hydrogens (tertiary/aromatic N) is 1. The highest BCUT2D eigenvalue weighted by molar-refractivity contribution is 6.32. The van der Waals surface area contributed by atoms with Crippen LogP contribution in [0.5, 0.6) is 11.5 Å². The number of methoxy groups -OCH3 is 1. The third-order valence-electron chi connectivity index (χ3n) is 5.27. The summed E-state index contributed by atoms with van der Waals surface area (Å²) in [5.41, 5.74) is 2.21. The van der Waals surface area contributed by atoms with Crippen LogP contribution < -0.4 is 14.8 Å². The Hall–Kier alpha value is -2.24. The highest BCUT2D eigenvalue weighted by Gasteiger charge is 2.23. The normalized spacial score (nSPS) is 15.6. The number of piperidine rings is 1. The van der Waals surface area contributed by atoms with Crippen LogP contribution in [0.1, 0.15) is 36.4 Å². The highest BCUT2D eigenvalue weighted by Crippen LogP contribution is 2.27. The molecule has 1 fully saturated rings. The van der Waals surface area contributed by atoms with Gasteiger partial charge in [-0.2, -0.15) is 0 Å². The van der Waals surface area contributed by atoms with Gasteiger partial charge < -0.3 is 14.8 Å². The highest BCUT2D eigenvalue weighted by atomic mass is 35.5. The number of nitrogens with one attached hydrogen (secondary N) is 1. The first-order chi connectivity index (χ1) is 14.1. The summed E-state index contributed by atoms with van der Waals surface area (Å²) in [5, 5.41) is 3.54. The lowest BCUT2D eigenvalue weighted by Crippen LogP contribution is -2.41. The maximum absolute atomic E-state index is 12.4. The maximum Gasteiger partial charge on any atom is 0.258 e. The molecule has 0 unspecified atom stereocenters. The van der Waals surface area contributed by atoms with Crippen LogP contribution in [0.15, 0.2) is 42.5 Å². The monoisotopic (exact) mass is 416 g/mol. The van der Waals surface area contributed by atoms with E-state index in [1.165, 1.54) is 24.8 Å². The standard InChI is InChI=1S/C23H29ClN2O3/c1-17-6-11-20(24)22(14-17)29-16-23(27)25-15-21(26-12-4-3-5-13-26)18-7-9-19(28-2)10-8-18/h6-11,14,21H,3-5,12-13,15-16H2,1-2H3,(H,25,27)/t21-/m0/s1. The molecule has 1 heterocycles. The van der Waals surface area contributed by atoms with Gasteiger partial charge in [-0.1, -0.05) is 36.2 Å². The second-order valence-electron chi connectivity index (χ2n) is 7.41. The van der Waals surface area contributed by atoms with Gasteiger partial charge in [0, 0.05) is 6.54 Å². The van der Waals surface area contributed by atoms with Gasteiger partial charge in [0.05, 0.1) is 18.2 Å². The average molecular weight is 417 g/mol. The van der Waals surface area contributed by atoms with Crippen LogP contribution in [0.4, 0.5) is 0 Å². The van der Waals surface area contributed by atoms with Crippen molar-refractivity contribution in [3.63, 3.8) is 0 Å². The molecule has 1 aliphatic rings. The molecule has 1 atom stereocenters. The summed E-state index contributed by atoms with van der Waals surface area (Å²) in [6, 6.07) is 13.7. The molecule has 1 amide bonds. The minimum Gasteiger partial charge on any atom is -0.497 e. The van der Waals surface area contributed by atoms with Crippen molar-refractivity contribution < 1.29 is 14.3 Å². The first kappa shape index (κ1) is 21.5. The average Bonchev–Trinajstić information content (AvgIpc) is 2.75. The Morgan fingerprint density at radius 3 is 2.55 bits per heavy atom. The Kier molecular flexibility index (Phi) is 7.78. The number of likely N-dealkylation sites (tertiary alicyclic amines) is 1. The molecule has 0 aromatic heterocycles. The van der Waals surface area contributed by atoms with Crippen LogP contribution in [0.3, 0.4) is 0 Å². The van der Waals surface area contributed by atoms with Crippen molar-refractivity contribution in [2.45, 2.75) is 32.2 Å². The van der Waals surface area contributed by atoms with Gasteiger partial charge in [-0.15, -0.1) is 0 Å². The third kappa shape index (κ3) is 6.12. The number of benzene rings is 2. The Morgan fingerprint density at radius 1 is 1.14 bits per heavy atom. The van der Waals surface area contributed by atoms with E-state index in [-0.39, 0.29) is 18.6 Å². The number of carbonyl (C=O) groups is 1. The number of carbonyl (C=O) groups excluding carboxylic acids is 1. The van der Waals surface area contributed by atoms with E-state index < -0.39 is 0 Å². The summed E-state index contributed by atoms with van der Waals surface area (Å²) in [6.45, 7) is 4.53. The number of aryl methyl sites for hydroxylation is 1. The minimum absolute atomic E-state index is 0.0570. The SMILES string of the molecule is COc1ccc([C@H](CNC(=O)COc2cc(C)ccc2Cl)N2CCCCC2)cc1. The molecule has 2 aromatic carbocycles. The molecule has 29 heavy (non-hydrogen) atoms. The maximum atomic E-state index is 12.4. The molecular formula is C23H29ClN2O3. The lowest BCUT2D eigenvalue weighted by atomic mass is 10.0. The third-order valence-corrected chi connectivity index (χ3v) is 5.58. The summed E-state index contributed by atoms with van der Waals surface area (Å²) in [7, 11) is 1.66. The van der Waals surface area contributed by atoms with Crippen molar-refractivity contribution in [1.82, 2.24) is 10.2 Å². The van der Waals surface area contributed by atoms with Gasteiger partial charge >= 0.3 is 0 Å². The molecule has 3 rings (SSSR count). The molecule has 6 heteroatoms. The quantitative estimate of drug-likeness (QED) is 0.693. The van der Waals surface area contributed by atoms with Crippen LogP contribution in [-0.4, -0.2) is 44.2 Å². The van der Waals surface area contributed by atoms with E-state index in [9.17, 15) is 4.79 Å². The lowest BCUT2D eigenvalue weighted by molar-refractivity contribution is -0.123. The number of rotatable bonds is 8. The van der Waals surface area contributed by atoms with E-state index in [0.717, 1.165) is 24.4 Å². The number of hydrogen-bond donors (Lipinski definition) is 1. The summed E-state index contributed by atoms with van der Waals surface area (Å²) in [5.74, 6) is 1.21. The molecule has 156 valence electrons. The topological polar surface area (TPSA) is 50.8 Å². The molecule has 1 saturated heterocycles. The van der Waals surface area contributed by atoms with Crippen molar-refractivity contribution in [3.8, 4) is 11.5 Å². The number of ether oxygens (including phenoxy) is 2. The summed E-state index contributed by atoms with van der Waals surface area (Å²) < 4.78 is 10.9. The molecule has 0 spiro atoms. The van der Waals surface area contributed by atoms with Gasteiger partial charge in [0.2, 0.25) is 0 Å². The second-order valence-corrected chi connectivity index (χ2v) is 7.82. The summed E-state index contributed by atoms with van der Waals surface area (Å²) >= 11 is 6.14. The lowest BCUT2D eigenvalue weighted by Gasteiger charge is -2.35. The van der Waals surface area contributed by atoms with Gasteiger partial charge in [-0.05, 0) is 68.2 Å². The van der Waals surface area contributed by atoms with E-state index in [0.29, 0.717) is 17.3 Å². The van der Waals surface area contributed by atoms with E-state index in [1.807, 2.05) is 31.2 Å². The predicted molar refractivity (Wildman–Crippen MR) is 116 cm³/mol. The van der Waals surface area contributed by atoms with Gasteiger partial charge in [-0.25, -0.2) is 0 Å². The van der Waals surface area contributed by atoms with Gasteiger partial charge in [-0.3, -0.25) is 9.69 Å². The van der Waals surface area contributed by atoms with Gasteiger partial charge in [0.1, 0.15) is 11.5 Å². The minimum atomic E-state index is -0.155. The van der Waals surface area contributed by atoms with Crippen LogP contribution in [0.2, 0.25) is 5.02 Å². The molecule has 1 aliphatic heterocycles. The van der Waals surface area contributed by atoms with E-state index in [2.05, 4.69) is 22.3 Å². The van der Waals surface area contributed by atoms with Crippen molar-refractivity contribution in [1.29, 1.82) is 0 Å². The Labute approximate surface area is 177 Å². The Balaban J connectivity index is 1.61. The fraction of sp³-hybridized carbons (Fsp3) is 0.435. The summed E-state index contributed by atoms with van der Waals surface area (Å²) in [6.07, 6.45) is 3.65. The molecule has 1 N–H and O–H groups in total. The molecule has 0 saturated carbocycles. The second kappa shape index (κ2) is 10.5. The summed E-state index contributed by atoms with van der Waals surface area (Å²) in [4.78, 5) is 14.9. The number of amides is 1. The van der Waals surface area contributed by atoms with Crippen LogP contribution in [0, 0.1) is 6.92 Å². The van der Waals surface area contributed by atoms with Gasteiger partial charge in [0.25, 0.3) is 5.91 Å². The van der Waals surface area contributed by atoms with E-state index >= 15 is 0 Å². The van der Waals surface area contributed by atoms with Crippen molar-refractivity contribution >= 4 is 17.5 Å². The molecule has 0 radical (unpaired) electrons. The molecular weight excluding hydrogens is 388 g/mol.